The smallest absolute Gasteiger partial charge is 0.352 e. The SMILES string of the molecule is COC[C@@H]1CC(CC2=C(C(=O)O)N3C(=O)[C@H]([C@@H](C)O)[C@H]3C2)CN1. The van der Waals surface area contributed by atoms with E-state index in [0.717, 1.165) is 18.5 Å². The number of hydrogen-bond donors (Lipinski definition) is 3. The molecule has 0 aromatic heterocycles. The monoisotopic (exact) mass is 324 g/mol. The second kappa shape index (κ2) is 6.22. The molecule has 3 N–H and O–H groups in total. The van der Waals surface area contributed by atoms with Crippen molar-refractivity contribution < 1.29 is 24.5 Å². The molecule has 0 bridgehead atoms. The second-order valence-electron chi connectivity index (χ2n) is 6.87. The number of hydrogen-bond acceptors (Lipinski definition) is 5. The molecule has 3 rings (SSSR count). The van der Waals surface area contributed by atoms with Gasteiger partial charge in [0, 0.05) is 13.2 Å². The maximum absolute atomic E-state index is 12.2. The molecular formula is C16H24N2O5. The highest BCUT2D eigenvalue weighted by Gasteiger charge is 2.56. The van der Waals surface area contributed by atoms with E-state index < -0.39 is 18.0 Å². The summed E-state index contributed by atoms with van der Waals surface area (Å²) in [6.07, 6.45) is 1.45. The van der Waals surface area contributed by atoms with Crippen molar-refractivity contribution in [2.75, 3.05) is 20.3 Å². The summed E-state index contributed by atoms with van der Waals surface area (Å²) in [5, 5.41) is 22.6. The fourth-order valence-corrected chi connectivity index (χ4v) is 4.28. The largest absolute Gasteiger partial charge is 0.477 e. The highest BCUT2D eigenvalue weighted by molar-refractivity contribution is 5.99. The van der Waals surface area contributed by atoms with Crippen LogP contribution >= 0.6 is 0 Å². The summed E-state index contributed by atoms with van der Waals surface area (Å²) in [5.41, 5.74) is 0.982. The topological polar surface area (TPSA) is 99.1 Å². The molecule has 3 aliphatic heterocycles. The van der Waals surface area contributed by atoms with Gasteiger partial charge in [0.1, 0.15) is 5.70 Å². The summed E-state index contributed by atoms with van der Waals surface area (Å²) >= 11 is 0. The first kappa shape index (κ1) is 16.4. The van der Waals surface area contributed by atoms with E-state index in [-0.39, 0.29) is 17.6 Å². The number of nitrogens with zero attached hydrogens (tertiary/aromatic N) is 1. The third-order valence-corrected chi connectivity index (χ3v) is 5.24. The van der Waals surface area contributed by atoms with Crippen LogP contribution in [0.2, 0.25) is 0 Å². The lowest BCUT2D eigenvalue weighted by Crippen LogP contribution is -2.61. The van der Waals surface area contributed by atoms with Crippen molar-refractivity contribution in [2.45, 2.75) is 44.4 Å². The Morgan fingerprint density at radius 2 is 2.26 bits per heavy atom. The van der Waals surface area contributed by atoms with Crippen LogP contribution in [0.25, 0.3) is 0 Å². The van der Waals surface area contributed by atoms with E-state index in [1.807, 2.05) is 0 Å². The fourth-order valence-electron chi connectivity index (χ4n) is 4.28. The number of methoxy groups -OCH3 is 1. The molecule has 3 aliphatic rings. The number of amides is 1. The van der Waals surface area contributed by atoms with E-state index in [2.05, 4.69) is 5.32 Å². The zero-order valence-electron chi connectivity index (χ0n) is 13.5. The van der Waals surface area contributed by atoms with Gasteiger partial charge < -0.3 is 25.2 Å². The zero-order chi connectivity index (χ0) is 16.7. The minimum Gasteiger partial charge on any atom is -0.477 e. The second-order valence-corrected chi connectivity index (χ2v) is 6.87. The molecular weight excluding hydrogens is 300 g/mol. The van der Waals surface area contributed by atoms with Crippen LogP contribution in [0.4, 0.5) is 0 Å². The number of carboxylic acids is 1. The minimum atomic E-state index is -1.04. The Morgan fingerprint density at radius 1 is 1.52 bits per heavy atom. The lowest BCUT2D eigenvalue weighted by Gasteiger charge is -2.44. The molecule has 1 unspecified atom stereocenters. The number of carbonyl (C=O) groups excluding carboxylic acids is 1. The van der Waals surface area contributed by atoms with Crippen LogP contribution < -0.4 is 5.32 Å². The third-order valence-electron chi connectivity index (χ3n) is 5.24. The Balaban J connectivity index is 1.72. The van der Waals surface area contributed by atoms with Gasteiger partial charge in [-0.25, -0.2) is 4.79 Å². The van der Waals surface area contributed by atoms with Crippen molar-refractivity contribution in [3.05, 3.63) is 11.3 Å². The molecule has 5 atom stereocenters. The van der Waals surface area contributed by atoms with Crippen LogP contribution in [0.5, 0.6) is 0 Å². The van der Waals surface area contributed by atoms with E-state index in [1.54, 1.807) is 14.0 Å². The van der Waals surface area contributed by atoms with Gasteiger partial charge in [0.2, 0.25) is 5.91 Å². The van der Waals surface area contributed by atoms with Crippen molar-refractivity contribution >= 4 is 11.9 Å². The standard InChI is InChI=1S/C16H24N2O5/c1-8(19)13-12-5-10(14(16(21)22)18(12)15(13)20)3-9-4-11(7-23-2)17-6-9/h8-9,11-13,17,19H,3-7H2,1-2H3,(H,21,22)/t8-,9?,11+,12-,13-/m1/s1. The zero-order valence-corrected chi connectivity index (χ0v) is 13.5. The number of fused-ring (bicyclic) bond motifs is 1. The average Bonchev–Trinajstić information content (AvgIpc) is 3.02. The Labute approximate surface area is 135 Å². The Bertz CT molecular complexity index is 545. The molecule has 7 nitrogen and oxygen atoms in total. The van der Waals surface area contributed by atoms with Gasteiger partial charge >= 0.3 is 5.97 Å². The summed E-state index contributed by atoms with van der Waals surface area (Å²) in [6, 6.07) is 0.122. The van der Waals surface area contributed by atoms with Crippen LogP contribution in [-0.4, -0.2) is 65.4 Å². The van der Waals surface area contributed by atoms with Crippen LogP contribution in [0.15, 0.2) is 11.3 Å². The number of β-lactam (4-membered cyclic amide) rings is 1. The van der Waals surface area contributed by atoms with Crippen molar-refractivity contribution in [2.24, 2.45) is 11.8 Å². The Morgan fingerprint density at radius 3 is 2.87 bits per heavy atom. The van der Waals surface area contributed by atoms with E-state index in [1.165, 1.54) is 4.90 Å². The highest BCUT2D eigenvalue weighted by atomic mass is 16.5. The predicted molar refractivity (Wildman–Crippen MR) is 81.5 cm³/mol. The molecule has 0 aromatic carbocycles. The first-order valence-electron chi connectivity index (χ1n) is 8.12. The normalized spacial score (nSPS) is 34.6. The van der Waals surface area contributed by atoms with E-state index in [4.69, 9.17) is 4.74 Å². The average molecular weight is 324 g/mol. The Kier molecular flexibility index (Phi) is 4.44. The van der Waals surface area contributed by atoms with Gasteiger partial charge in [0.05, 0.1) is 24.7 Å². The Hall–Kier alpha value is -1.44. The molecule has 128 valence electrons. The number of carboxylic acid groups (broad SMARTS) is 1. The number of aliphatic carboxylic acids is 1. The van der Waals surface area contributed by atoms with Gasteiger partial charge in [0.25, 0.3) is 0 Å². The summed E-state index contributed by atoms with van der Waals surface area (Å²) in [5.74, 6) is -1.42. The van der Waals surface area contributed by atoms with Crippen molar-refractivity contribution in [3.63, 3.8) is 0 Å². The maximum atomic E-state index is 12.2. The molecule has 3 heterocycles. The molecule has 0 aromatic rings. The lowest BCUT2D eigenvalue weighted by atomic mass is 9.82. The highest BCUT2D eigenvalue weighted by Crippen LogP contribution is 2.45. The number of rotatable bonds is 6. The molecule has 1 amide bonds. The molecule has 0 radical (unpaired) electrons. The molecule has 2 saturated heterocycles. The number of aliphatic hydroxyl groups excluding tert-OH is 1. The van der Waals surface area contributed by atoms with Gasteiger partial charge in [-0.1, -0.05) is 0 Å². The van der Waals surface area contributed by atoms with Crippen LogP contribution in [-0.2, 0) is 14.3 Å². The first-order valence-corrected chi connectivity index (χ1v) is 8.12. The van der Waals surface area contributed by atoms with Gasteiger partial charge in [0.15, 0.2) is 0 Å². The molecule has 23 heavy (non-hydrogen) atoms. The number of aliphatic hydroxyl groups is 1. The molecule has 0 aliphatic carbocycles. The van der Waals surface area contributed by atoms with Crippen molar-refractivity contribution in [1.82, 2.24) is 10.2 Å². The van der Waals surface area contributed by atoms with Crippen molar-refractivity contribution in [1.29, 1.82) is 0 Å². The molecule has 0 saturated carbocycles. The summed E-state index contributed by atoms with van der Waals surface area (Å²) < 4.78 is 5.15. The number of ether oxygens (including phenoxy) is 1. The number of nitrogens with one attached hydrogen (secondary N) is 1. The lowest BCUT2D eigenvalue weighted by molar-refractivity contribution is -0.161. The van der Waals surface area contributed by atoms with Crippen LogP contribution in [0.3, 0.4) is 0 Å². The van der Waals surface area contributed by atoms with E-state index >= 15 is 0 Å². The van der Waals surface area contributed by atoms with E-state index in [9.17, 15) is 19.8 Å². The summed E-state index contributed by atoms with van der Waals surface area (Å²) in [4.78, 5) is 25.2. The van der Waals surface area contributed by atoms with Crippen molar-refractivity contribution in [3.8, 4) is 0 Å². The fraction of sp³-hybridized carbons (Fsp3) is 0.750. The maximum Gasteiger partial charge on any atom is 0.352 e. The van der Waals surface area contributed by atoms with E-state index in [0.29, 0.717) is 31.4 Å². The van der Waals surface area contributed by atoms with Gasteiger partial charge in [-0.15, -0.1) is 0 Å². The predicted octanol–water partition coefficient (Wildman–Crippen LogP) is -0.0488. The molecule has 2 fully saturated rings. The first-order chi connectivity index (χ1) is 10.9. The quantitative estimate of drug-likeness (QED) is 0.593. The summed E-state index contributed by atoms with van der Waals surface area (Å²) in [7, 11) is 1.67. The van der Waals surface area contributed by atoms with Crippen LogP contribution in [0.1, 0.15) is 26.2 Å². The molecule has 0 spiro atoms. The van der Waals surface area contributed by atoms with Gasteiger partial charge in [-0.3, -0.25) is 4.79 Å². The third kappa shape index (κ3) is 2.77. The molecule has 7 heteroatoms. The summed E-state index contributed by atoms with van der Waals surface area (Å²) in [6.45, 7) is 3.08. The van der Waals surface area contributed by atoms with Crippen LogP contribution in [0, 0.1) is 11.8 Å². The van der Waals surface area contributed by atoms with Gasteiger partial charge in [-0.2, -0.15) is 0 Å². The van der Waals surface area contributed by atoms with Gasteiger partial charge in [-0.05, 0) is 44.2 Å². The minimum absolute atomic E-state index is 0.145. The number of carbonyl (C=O) groups is 2.